The van der Waals surface area contributed by atoms with Gasteiger partial charge in [0.25, 0.3) is 5.91 Å². The molecule has 30 heavy (non-hydrogen) atoms. The molecule has 2 aromatic carbocycles. The maximum Gasteiger partial charge on any atom is 0.295 e. The maximum absolute atomic E-state index is 12.8. The minimum absolute atomic E-state index is 0.179. The van der Waals surface area contributed by atoms with E-state index in [2.05, 4.69) is 17.5 Å². The average molecular weight is 430 g/mol. The van der Waals surface area contributed by atoms with E-state index in [-0.39, 0.29) is 12.5 Å². The lowest BCUT2D eigenvalue weighted by molar-refractivity contribution is -0.895. The molecule has 0 radical (unpaired) electrons. The Morgan fingerprint density at radius 3 is 2.33 bits per heavy atom. The van der Waals surface area contributed by atoms with Gasteiger partial charge in [0.05, 0.1) is 37.3 Å². The number of sulfonamides is 1. The zero-order chi connectivity index (χ0) is 21.6. The van der Waals surface area contributed by atoms with E-state index in [4.69, 9.17) is 0 Å². The van der Waals surface area contributed by atoms with Crippen molar-refractivity contribution in [2.75, 3.05) is 32.7 Å². The van der Waals surface area contributed by atoms with Crippen LogP contribution in [0.4, 0.5) is 0 Å². The molecule has 2 aromatic rings. The number of hydrogen-bond donors (Lipinski definition) is 2. The Balaban J connectivity index is 1.46. The molecule has 1 aliphatic rings. The summed E-state index contributed by atoms with van der Waals surface area (Å²) in [5.74, 6) is -0.179. The normalized spacial score (nSPS) is 16.1. The van der Waals surface area contributed by atoms with Crippen LogP contribution in [0.5, 0.6) is 0 Å². The highest BCUT2D eigenvalue weighted by molar-refractivity contribution is 7.89. The summed E-state index contributed by atoms with van der Waals surface area (Å²) in [5.41, 5.74) is 5.76. The van der Waals surface area contributed by atoms with Gasteiger partial charge in [-0.25, -0.2) is 13.8 Å². The molecular formula is C22H29N4O3S+. The molecule has 2 N–H and O–H groups in total. The summed E-state index contributed by atoms with van der Waals surface area (Å²) in [7, 11) is -3.48. The van der Waals surface area contributed by atoms with Gasteiger partial charge in [-0.05, 0) is 36.6 Å². The highest BCUT2D eigenvalue weighted by atomic mass is 32.2. The van der Waals surface area contributed by atoms with Crippen LogP contribution in [0.2, 0.25) is 0 Å². The molecule has 0 atom stereocenters. The number of carbonyl (C=O) groups is 1. The van der Waals surface area contributed by atoms with Gasteiger partial charge in [0.2, 0.25) is 10.0 Å². The first-order valence-corrected chi connectivity index (χ1v) is 11.6. The van der Waals surface area contributed by atoms with Gasteiger partial charge in [-0.2, -0.15) is 9.41 Å². The Bertz CT molecular complexity index is 978. The number of aryl methyl sites for hydroxylation is 2. The molecule has 0 bridgehead atoms. The predicted molar refractivity (Wildman–Crippen MR) is 117 cm³/mol. The van der Waals surface area contributed by atoms with Crippen LogP contribution >= 0.6 is 0 Å². The number of carbonyl (C=O) groups excluding carboxylic acids is 1. The number of benzene rings is 2. The van der Waals surface area contributed by atoms with Crippen molar-refractivity contribution in [2.24, 2.45) is 5.10 Å². The third-order valence-electron chi connectivity index (χ3n) is 5.29. The van der Waals surface area contributed by atoms with Crippen LogP contribution in [-0.4, -0.2) is 57.6 Å². The second kappa shape index (κ2) is 9.97. The fourth-order valence-electron chi connectivity index (χ4n) is 3.36. The molecule has 0 aliphatic carbocycles. The van der Waals surface area contributed by atoms with Gasteiger partial charge >= 0.3 is 0 Å². The van der Waals surface area contributed by atoms with Crippen molar-refractivity contribution in [1.82, 2.24) is 9.73 Å². The van der Waals surface area contributed by atoms with E-state index in [1.807, 2.05) is 31.2 Å². The van der Waals surface area contributed by atoms with Crippen molar-refractivity contribution in [3.8, 4) is 0 Å². The first-order chi connectivity index (χ1) is 14.4. The van der Waals surface area contributed by atoms with Crippen molar-refractivity contribution in [2.45, 2.75) is 25.2 Å². The Morgan fingerprint density at radius 2 is 1.73 bits per heavy atom. The summed E-state index contributed by atoms with van der Waals surface area (Å²) < 4.78 is 27.0. The molecule has 1 aliphatic heterocycles. The topological polar surface area (TPSA) is 83.3 Å². The lowest BCUT2D eigenvalue weighted by Gasteiger charge is -2.31. The molecule has 0 aromatic heterocycles. The quantitative estimate of drug-likeness (QED) is 0.499. The van der Waals surface area contributed by atoms with Crippen molar-refractivity contribution < 1.29 is 18.1 Å². The summed E-state index contributed by atoms with van der Waals surface area (Å²) in [6, 6.07) is 14.9. The van der Waals surface area contributed by atoms with E-state index < -0.39 is 10.0 Å². The second-order valence-electron chi connectivity index (χ2n) is 7.53. The highest BCUT2D eigenvalue weighted by Crippen LogP contribution is 2.16. The molecular weight excluding hydrogens is 400 g/mol. The molecule has 1 amide bonds. The van der Waals surface area contributed by atoms with Gasteiger partial charge in [0.1, 0.15) is 0 Å². The number of piperazine rings is 1. The summed E-state index contributed by atoms with van der Waals surface area (Å²) in [6.07, 6.45) is 2.61. The molecule has 7 nitrogen and oxygen atoms in total. The Morgan fingerprint density at radius 1 is 1.10 bits per heavy atom. The van der Waals surface area contributed by atoms with E-state index in [0.717, 1.165) is 22.4 Å². The lowest BCUT2D eigenvalue weighted by Crippen LogP contribution is -3.15. The fourth-order valence-corrected chi connectivity index (χ4v) is 4.81. The minimum Gasteiger partial charge on any atom is -0.325 e. The Kier molecular flexibility index (Phi) is 7.36. The highest BCUT2D eigenvalue weighted by Gasteiger charge is 2.31. The van der Waals surface area contributed by atoms with Crippen LogP contribution in [0, 0.1) is 6.92 Å². The number of hydrogen-bond acceptors (Lipinski definition) is 4. The monoisotopic (exact) mass is 429 g/mol. The van der Waals surface area contributed by atoms with E-state index >= 15 is 0 Å². The molecule has 1 fully saturated rings. The first kappa shape index (κ1) is 22.1. The van der Waals surface area contributed by atoms with Crippen LogP contribution in [0.3, 0.4) is 0 Å². The molecule has 0 spiro atoms. The van der Waals surface area contributed by atoms with Crippen LogP contribution in [-0.2, 0) is 21.2 Å². The smallest absolute Gasteiger partial charge is 0.295 e. The molecule has 3 rings (SSSR count). The summed E-state index contributed by atoms with van der Waals surface area (Å²) in [5, 5.41) is 4.02. The Labute approximate surface area is 178 Å². The van der Waals surface area contributed by atoms with Crippen molar-refractivity contribution >= 4 is 22.1 Å². The first-order valence-electron chi connectivity index (χ1n) is 10.2. The van der Waals surface area contributed by atoms with Crippen LogP contribution in [0.25, 0.3) is 0 Å². The number of hydrazone groups is 1. The molecule has 1 heterocycles. The van der Waals surface area contributed by atoms with Crippen LogP contribution in [0.15, 0.2) is 58.5 Å². The lowest BCUT2D eigenvalue weighted by atomic mass is 10.1. The fraction of sp³-hybridized carbons (Fsp3) is 0.364. The van der Waals surface area contributed by atoms with Crippen molar-refractivity contribution in [1.29, 1.82) is 0 Å². The minimum atomic E-state index is -3.48. The van der Waals surface area contributed by atoms with Crippen molar-refractivity contribution in [3.63, 3.8) is 0 Å². The number of nitrogens with one attached hydrogen (secondary N) is 2. The summed E-state index contributed by atoms with van der Waals surface area (Å²) in [4.78, 5) is 13.5. The number of amides is 1. The summed E-state index contributed by atoms with van der Waals surface area (Å²) in [6.45, 7) is 6.25. The van der Waals surface area contributed by atoms with Gasteiger partial charge in [-0.3, -0.25) is 4.79 Å². The van der Waals surface area contributed by atoms with Crippen LogP contribution < -0.4 is 10.3 Å². The average Bonchev–Trinajstić information content (AvgIpc) is 2.75. The molecule has 1 saturated heterocycles. The maximum atomic E-state index is 12.8. The molecule has 8 heteroatoms. The SMILES string of the molecule is CCc1ccc(/C=N/NC(=O)C[NH+]2CCN(S(=O)(=O)c3ccc(C)cc3)CC2)cc1. The van der Waals surface area contributed by atoms with Gasteiger partial charge < -0.3 is 4.90 Å². The number of quaternary nitrogens is 1. The van der Waals surface area contributed by atoms with Gasteiger partial charge in [-0.1, -0.05) is 48.9 Å². The second-order valence-corrected chi connectivity index (χ2v) is 9.47. The molecule has 160 valence electrons. The predicted octanol–water partition coefficient (Wildman–Crippen LogP) is 0.597. The molecule has 0 saturated carbocycles. The standard InChI is InChI=1S/C22H28N4O3S/c1-3-19-6-8-20(9-7-19)16-23-24-22(27)17-25-12-14-26(15-13-25)30(28,29)21-10-4-18(2)5-11-21/h4-11,16H,3,12-15,17H2,1-2H3,(H,24,27)/p+1/b23-16+. The number of rotatable bonds is 7. The third kappa shape index (κ3) is 5.75. The zero-order valence-corrected chi connectivity index (χ0v) is 18.3. The van der Waals surface area contributed by atoms with E-state index in [1.54, 1.807) is 30.5 Å². The van der Waals surface area contributed by atoms with Crippen molar-refractivity contribution in [3.05, 3.63) is 65.2 Å². The van der Waals surface area contributed by atoms with Gasteiger partial charge in [0, 0.05) is 0 Å². The largest absolute Gasteiger partial charge is 0.325 e. The Hall–Kier alpha value is -2.55. The van der Waals surface area contributed by atoms with Gasteiger partial charge in [0.15, 0.2) is 6.54 Å². The number of nitrogens with zero attached hydrogens (tertiary/aromatic N) is 2. The van der Waals surface area contributed by atoms with E-state index in [0.29, 0.717) is 31.1 Å². The third-order valence-corrected chi connectivity index (χ3v) is 7.20. The van der Waals surface area contributed by atoms with Gasteiger partial charge in [-0.15, -0.1) is 0 Å². The molecule has 0 unspecified atom stereocenters. The summed E-state index contributed by atoms with van der Waals surface area (Å²) >= 11 is 0. The van der Waals surface area contributed by atoms with E-state index in [1.165, 1.54) is 9.87 Å². The van der Waals surface area contributed by atoms with Crippen LogP contribution in [0.1, 0.15) is 23.6 Å². The zero-order valence-electron chi connectivity index (χ0n) is 17.5. The van der Waals surface area contributed by atoms with E-state index in [9.17, 15) is 13.2 Å².